The fraction of sp³-hybridized carbons (Fsp3) is 0.167. The normalized spacial score (nSPS) is 10.4. The molecule has 3 aromatic rings. The minimum absolute atomic E-state index is 0.153. The Morgan fingerprint density at radius 2 is 2.24 bits per heavy atom. The van der Waals surface area contributed by atoms with E-state index in [1.807, 2.05) is 22.9 Å². The number of rotatable bonds is 5. The maximum Gasteiger partial charge on any atom is 0.235 e. The van der Waals surface area contributed by atoms with Gasteiger partial charge in [-0.3, -0.25) is 9.36 Å². The molecule has 0 fully saturated rings. The third-order valence-electron chi connectivity index (χ3n) is 3.81. The molecule has 0 aliphatic carbocycles. The number of nitriles is 1. The molecule has 5 nitrogen and oxygen atoms in total. The van der Waals surface area contributed by atoms with E-state index in [2.05, 4.69) is 36.3 Å². The van der Waals surface area contributed by atoms with Crippen molar-refractivity contribution in [3.63, 3.8) is 0 Å². The van der Waals surface area contributed by atoms with Crippen molar-refractivity contribution < 1.29 is 4.79 Å². The first-order valence-electron chi connectivity index (χ1n) is 7.60. The van der Waals surface area contributed by atoms with Gasteiger partial charge in [0.05, 0.1) is 17.0 Å². The number of nitrogens with zero attached hydrogens (tertiary/aromatic N) is 3. The minimum Gasteiger partial charge on any atom is -0.316 e. The third-order valence-corrected chi connectivity index (χ3v) is 5.61. The molecule has 0 aliphatic rings. The highest BCUT2D eigenvalue weighted by molar-refractivity contribution is 7.99. The second-order valence-electron chi connectivity index (χ2n) is 5.41. The standard InChI is InChI=1S/C18H16N4OS2/c1-12-4-3-5-15(13(12)2)22-8-7-20-18(22)25-11-16(23)21-17-14(10-19)6-9-24-17/h3-9H,11H2,1-2H3,(H,21,23). The van der Waals surface area contributed by atoms with Gasteiger partial charge in [0.25, 0.3) is 0 Å². The highest BCUT2D eigenvalue weighted by Crippen LogP contribution is 2.25. The molecule has 0 spiro atoms. The largest absolute Gasteiger partial charge is 0.316 e. The molecule has 0 unspecified atom stereocenters. The number of carbonyl (C=O) groups is 1. The van der Waals surface area contributed by atoms with E-state index in [4.69, 9.17) is 5.26 Å². The Morgan fingerprint density at radius 3 is 3.04 bits per heavy atom. The molecule has 0 aliphatic heterocycles. The van der Waals surface area contributed by atoms with Gasteiger partial charge in [0.15, 0.2) is 5.16 Å². The summed E-state index contributed by atoms with van der Waals surface area (Å²) in [6.07, 6.45) is 3.63. The van der Waals surface area contributed by atoms with Gasteiger partial charge in [-0.2, -0.15) is 5.26 Å². The van der Waals surface area contributed by atoms with Crippen molar-refractivity contribution >= 4 is 34.0 Å². The Hall–Kier alpha value is -2.56. The van der Waals surface area contributed by atoms with E-state index < -0.39 is 0 Å². The summed E-state index contributed by atoms with van der Waals surface area (Å²) in [7, 11) is 0. The molecule has 25 heavy (non-hydrogen) atoms. The molecule has 0 bridgehead atoms. The molecule has 2 aromatic heterocycles. The number of nitrogens with one attached hydrogen (secondary N) is 1. The molecule has 0 saturated heterocycles. The second kappa shape index (κ2) is 7.55. The zero-order chi connectivity index (χ0) is 17.8. The van der Waals surface area contributed by atoms with Crippen LogP contribution in [0.15, 0.2) is 47.2 Å². The molecular formula is C18H16N4OS2. The lowest BCUT2D eigenvalue weighted by Gasteiger charge is -2.12. The topological polar surface area (TPSA) is 70.7 Å². The zero-order valence-corrected chi connectivity index (χ0v) is 15.4. The van der Waals surface area contributed by atoms with Crippen LogP contribution in [0.3, 0.4) is 0 Å². The molecule has 0 atom stereocenters. The van der Waals surface area contributed by atoms with Gasteiger partial charge >= 0.3 is 0 Å². The Bertz CT molecular complexity index is 952. The third kappa shape index (κ3) is 3.76. The smallest absolute Gasteiger partial charge is 0.235 e. The predicted molar refractivity (Wildman–Crippen MR) is 101 cm³/mol. The second-order valence-corrected chi connectivity index (χ2v) is 7.27. The predicted octanol–water partition coefficient (Wildman–Crippen LogP) is 4.15. The Kier molecular flexibility index (Phi) is 5.22. The van der Waals surface area contributed by atoms with Crippen LogP contribution in [0, 0.1) is 25.2 Å². The van der Waals surface area contributed by atoms with Crippen LogP contribution >= 0.6 is 23.1 Å². The van der Waals surface area contributed by atoms with Crippen molar-refractivity contribution in [1.29, 1.82) is 5.26 Å². The van der Waals surface area contributed by atoms with E-state index in [9.17, 15) is 4.79 Å². The zero-order valence-electron chi connectivity index (χ0n) is 13.8. The van der Waals surface area contributed by atoms with Crippen LogP contribution in [0.1, 0.15) is 16.7 Å². The Balaban J connectivity index is 1.71. The van der Waals surface area contributed by atoms with Crippen LogP contribution in [-0.2, 0) is 4.79 Å². The van der Waals surface area contributed by atoms with E-state index >= 15 is 0 Å². The highest BCUT2D eigenvalue weighted by Gasteiger charge is 2.13. The highest BCUT2D eigenvalue weighted by atomic mass is 32.2. The maximum absolute atomic E-state index is 12.2. The van der Waals surface area contributed by atoms with Crippen molar-refractivity contribution in [2.75, 3.05) is 11.1 Å². The summed E-state index contributed by atoms with van der Waals surface area (Å²) in [6, 6.07) is 9.89. The number of carbonyl (C=O) groups excluding carboxylic acids is 1. The van der Waals surface area contributed by atoms with Crippen LogP contribution in [0.5, 0.6) is 0 Å². The number of amides is 1. The van der Waals surface area contributed by atoms with E-state index in [0.29, 0.717) is 10.6 Å². The van der Waals surface area contributed by atoms with Crippen LogP contribution in [0.4, 0.5) is 5.00 Å². The van der Waals surface area contributed by atoms with Gasteiger partial charge < -0.3 is 5.32 Å². The lowest BCUT2D eigenvalue weighted by molar-refractivity contribution is -0.113. The molecule has 7 heteroatoms. The molecule has 1 aromatic carbocycles. The summed E-state index contributed by atoms with van der Waals surface area (Å²) in [5.41, 5.74) is 3.94. The van der Waals surface area contributed by atoms with E-state index in [1.54, 1.807) is 17.6 Å². The van der Waals surface area contributed by atoms with Gasteiger partial charge in [-0.25, -0.2) is 4.98 Å². The summed E-state index contributed by atoms with van der Waals surface area (Å²) < 4.78 is 1.99. The van der Waals surface area contributed by atoms with Crippen LogP contribution in [0.2, 0.25) is 0 Å². The first-order valence-corrected chi connectivity index (χ1v) is 9.47. The number of benzene rings is 1. The van der Waals surface area contributed by atoms with Gasteiger partial charge in [-0.1, -0.05) is 23.9 Å². The molecule has 1 N–H and O–H groups in total. The number of hydrogen-bond donors (Lipinski definition) is 1. The van der Waals surface area contributed by atoms with Crippen LogP contribution < -0.4 is 5.32 Å². The first-order chi connectivity index (χ1) is 12.1. The number of anilines is 1. The quantitative estimate of drug-likeness (QED) is 0.687. The molecule has 2 heterocycles. The lowest BCUT2D eigenvalue weighted by Crippen LogP contribution is -2.14. The summed E-state index contributed by atoms with van der Waals surface area (Å²) in [4.78, 5) is 16.5. The van der Waals surface area contributed by atoms with Crippen molar-refractivity contribution in [3.8, 4) is 11.8 Å². The van der Waals surface area contributed by atoms with Crippen LogP contribution in [-0.4, -0.2) is 21.2 Å². The number of thioether (sulfide) groups is 1. The fourth-order valence-corrected chi connectivity index (χ4v) is 3.88. The van der Waals surface area contributed by atoms with Gasteiger partial charge in [0, 0.05) is 12.4 Å². The summed E-state index contributed by atoms with van der Waals surface area (Å²) >= 11 is 2.71. The number of thiophene rings is 1. The SMILES string of the molecule is Cc1cccc(-n2ccnc2SCC(=O)Nc2sccc2C#N)c1C. The van der Waals surface area contributed by atoms with E-state index in [0.717, 1.165) is 10.8 Å². The first kappa shape index (κ1) is 17.3. The van der Waals surface area contributed by atoms with Crippen molar-refractivity contribution in [1.82, 2.24) is 9.55 Å². The average molecular weight is 368 g/mol. The Labute approximate surface area is 154 Å². The maximum atomic E-state index is 12.2. The summed E-state index contributed by atoms with van der Waals surface area (Å²) in [5.74, 6) is 0.0736. The van der Waals surface area contributed by atoms with Gasteiger partial charge in [-0.05, 0) is 42.5 Å². The molecule has 0 saturated carbocycles. The van der Waals surface area contributed by atoms with Gasteiger partial charge in [0.2, 0.25) is 5.91 Å². The average Bonchev–Trinajstić information content (AvgIpc) is 3.24. The van der Waals surface area contributed by atoms with Gasteiger partial charge in [0.1, 0.15) is 11.1 Å². The van der Waals surface area contributed by atoms with Crippen molar-refractivity contribution in [2.24, 2.45) is 0 Å². The van der Waals surface area contributed by atoms with E-state index in [-0.39, 0.29) is 11.7 Å². The molecule has 126 valence electrons. The summed E-state index contributed by atoms with van der Waals surface area (Å²) in [5, 5.41) is 14.9. The van der Waals surface area contributed by atoms with E-state index in [1.165, 1.54) is 34.2 Å². The monoisotopic (exact) mass is 368 g/mol. The number of aryl methyl sites for hydroxylation is 1. The molecular weight excluding hydrogens is 352 g/mol. The molecule has 3 rings (SSSR count). The van der Waals surface area contributed by atoms with Gasteiger partial charge in [-0.15, -0.1) is 11.3 Å². The van der Waals surface area contributed by atoms with Crippen molar-refractivity contribution in [3.05, 3.63) is 58.7 Å². The Morgan fingerprint density at radius 1 is 1.40 bits per heavy atom. The number of aromatic nitrogens is 2. The number of hydrogen-bond acceptors (Lipinski definition) is 5. The summed E-state index contributed by atoms with van der Waals surface area (Å²) in [6.45, 7) is 4.15. The lowest BCUT2D eigenvalue weighted by atomic mass is 10.1. The molecule has 0 radical (unpaired) electrons. The van der Waals surface area contributed by atoms with Crippen LogP contribution in [0.25, 0.3) is 5.69 Å². The van der Waals surface area contributed by atoms with Crippen molar-refractivity contribution in [2.45, 2.75) is 19.0 Å². The minimum atomic E-state index is -0.153. The molecule has 1 amide bonds. The number of imidazole rings is 1. The fourth-order valence-electron chi connectivity index (χ4n) is 2.36.